The van der Waals surface area contributed by atoms with Crippen LogP contribution >= 0.6 is 0 Å². The highest BCUT2D eigenvalue weighted by Crippen LogP contribution is 2.33. The van der Waals surface area contributed by atoms with Gasteiger partial charge in [-0.1, -0.05) is 31.2 Å². The Kier molecular flexibility index (Phi) is 8.33. The molecule has 1 N–H and O–H groups in total. The second kappa shape index (κ2) is 12.0. The topological polar surface area (TPSA) is 69.3 Å². The Balaban J connectivity index is 1.31. The quantitative estimate of drug-likeness (QED) is 0.298. The maximum absolute atomic E-state index is 11.9. The van der Waals surface area contributed by atoms with E-state index in [9.17, 15) is 4.79 Å². The number of fused-ring (bicyclic) bond motifs is 1. The van der Waals surface area contributed by atoms with Crippen LogP contribution in [0, 0.1) is 0 Å². The van der Waals surface area contributed by atoms with Gasteiger partial charge in [-0.25, -0.2) is 0 Å². The predicted octanol–water partition coefficient (Wildman–Crippen LogP) is 5.29. The van der Waals surface area contributed by atoms with E-state index in [1.54, 1.807) is 6.92 Å². The van der Waals surface area contributed by atoms with E-state index in [-0.39, 0.29) is 5.97 Å². The van der Waals surface area contributed by atoms with Crippen LogP contribution in [-0.4, -0.2) is 38.9 Å². The Labute approximate surface area is 206 Å². The van der Waals surface area contributed by atoms with Crippen LogP contribution in [0.3, 0.4) is 0 Å². The zero-order chi connectivity index (χ0) is 24.5. The molecule has 1 aliphatic heterocycles. The fraction of sp³-hybridized carbons (Fsp3) is 0.321. The van der Waals surface area contributed by atoms with Crippen molar-refractivity contribution in [2.45, 2.75) is 26.8 Å². The average Bonchev–Trinajstić information content (AvgIpc) is 2.89. The Morgan fingerprint density at radius 3 is 2.63 bits per heavy atom. The molecule has 1 aliphatic rings. The zero-order valence-corrected chi connectivity index (χ0v) is 20.3. The molecule has 0 atom stereocenters. The molecule has 0 aliphatic carbocycles. The molecule has 3 aromatic rings. The third-order valence-corrected chi connectivity index (χ3v) is 5.66. The molecule has 0 saturated carbocycles. The Hall–Kier alpha value is -3.87. The molecule has 0 fully saturated rings. The third-order valence-electron chi connectivity index (χ3n) is 5.66. The van der Waals surface area contributed by atoms with Crippen molar-refractivity contribution in [3.63, 3.8) is 0 Å². The van der Waals surface area contributed by atoms with Crippen LogP contribution in [0.15, 0.2) is 66.7 Å². The van der Waals surface area contributed by atoms with E-state index in [1.807, 2.05) is 67.6 Å². The number of nitrogens with zero attached hydrogens (tertiary/aromatic N) is 1. The minimum absolute atomic E-state index is 0.291. The van der Waals surface area contributed by atoms with E-state index < -0.39 is 0 Å². The molecule has 0 aromatic heterocycles. The smallest absolute Gasteiger partial charge is 0.311 e. The minimum atomic E-state index is -0.291. The van der Waals surface area contributed by atoms with Crippen molar-refractivity contribution >= 4 is 17.3 Å². The van der Waals surface area contributed by atoms with E-state index in [4.69, 9.17) is 18.9 Å². The van der Waals surface area contributed by atoms with Gasteiger partial charge >= 0.3 is 5.97 Å². The summed E-state index contributed by atoms with van der Waals surface area (Å²) in [6.07, 6.45) is 0.298. The summed E-state index contributed by atoms with van der Waals surface area (Å²) in [5, 5.41) is 3.38. The Morgan fingerprint density at radius 1 is 1.00 bits per heavy atom. The highest BCUT2D eigenvalue weighted by atomic mass is 16.6. The van der Waals surface area contributed by atoms with Crippen molar-refractivity contribution in [3.8, 4) is 23.0 Å². The number of hydrogen-bond donors (Lipinski definition) is 1. The lowest BCUT2D eigenvalue weighted by atomic mass is 10.1. The molecule has 35 heavy (non-hydrogen) atoms. The molecule has 7 nitrogen and oxygen atoms in total. The summed E-state index contributed by atoms with van der Waals surface area (Å²) in [7, 11) is 0. The van der Waals surface area contributed by atoms with Gasteiger partial charge in [0, 0.05) is 24.2 Å². The highest BCUT2D eigenvalue weighted by molar-refractivity contribution is 5.73. The molecule has 0 radical (unpaired) electrons. The van der Waals surface area contributed by atoms with Gasteiger partial charge in [0.2, 0.25) is 0 Å². The van der Waals surface area contributed by atoms with Crippen LogP contribution in [0.5, 0.6) is 23.0 Å². The lowest BCUT2D eigenvalue weighted by molar-refractivity contribution is -0.134. The number of carbonyl (C=O) groups is 1. The van der Waals surface area contributed by atoms with Gasteiger partial charge in [0.1, 0.15) is 24.7 Å². The molecule has 7 heteroatoms. The highest BCUT2D eigenvalue weighted by Gasteiger charge is 2.17. The number of ether oxygens (including phenoxy) is 4. The van der Waals surface area contributed by atoms with E-state index in [0.29, 0.717) is 44.3 Å². The van der Waals surface area contributed by atoms with Gasteiger partial charge in [0.05, 0.1) is 25.4 Å². The summed E-state index contributed by atoms with van der Waals surface area (Å²) in [4.78, 5) is 14.2. The van der Waals surface area contributed by atoms with Crippen LogP contribution in [-0.2, 0) is 11.3 Å². The van der Waals surface area contributed by atoms with Crippen LogP contribution in [0.25, 0.3) is 0 Å². The van der Waals surface area contributed by atoms with Gasteiger partial charge in [-0.2, -0.15) is 0 Å². The maximum atomic E-state index is 11.9. The van der Waals surface area contributed by atoms with Crippen molar-refractivity contribution in [2.75, 3.05) is 43.1 Å². The first kappa shape index (κ1) is 24.3. The average molecular weight is 477 g/mol. The number of anilines is 2. The standard InChI is InChI=1S/C28H32N2O5/c1-3-27(31)35-28-21(8-7-11-26(28)32-4-2)20-29-22-12-14-23(15-13-22)33-18-16-30-17-19-34-25-10-6-5-9-24(25)30/h5-15,29H,3-4,16-20H2,1-2H3. The minimum Gasteiger partial charge on any atom is -0.492 e. The maximum Gasteiger partial charge on any atom is 0.311 e. The van der Waals surface area contributed by atoms with Gasteiger partial charge in [-0.15, -0.1) is 0 Å². The van der Waals surface area contributed by atoms with Gasteiger partial charge in [-0.3, -0.25) is 4.79 Å². The fourth-order valence-electron chi connectivity index (χ4n) is 3.87. The van der Waals surface area contributed by atoms with Crippen molar-refractivity contribution < 1.29 is 23.7 Å². The van der Waals surface area contributed by atoms with Crippen molar-refractivity contribution in [2.24, 2.45) is 0 Å². The number of rotatable bonds is 11. The number of benzene rings is 3. The van der Waals surface area contributed by atoms with E-state index >= 15 is 0 Å². The molecule has 0 saturated heterocycles. The molecule has 1 heterocycles. The SMILES string of the molecule is CCOc1cccc(CNc2ccc(OCCN3CCOc4ccccc43)cc2)c1OC(=O)CC. The summed E-state index contributed by atoms with van der Waals surface area (Å²) in [6.45, 7) is 7.56. The summed E-state index contributed by atoms with van der Waals surface area (Å²) in [5.41, 5.74) is 2.90. The molecule has 0 unspecified atom stereocenters. The first-order valence-electron chi connectivity index (χ1n) is 12.1. The third kappa shape index (κ3) is 6.38. The van der Waals surface area contributed by atoms with Crippen molar-refractivity contribution in [1.29, 1.82) is 0 Å². The first-order valence-corrected chi connectivity index (χ1v) is 12.1. The number of carbonyl (C=O) groups excluding carboxylic acids is 1. The van der Waals surface area contributed by atoms with Gasteiger partial charge < -0.3 is 29.2 Å². The van der Waals surface area contributed by atoms with Crippen LogP contribution in [0.1, 0.15) is 25.8 Å². The zero-order valence-electron chi connectivity index (χ0n) is 20.3. The van der Waals surface area contributed by atoms with Gasteiger partial charge in [0.15, 0.2) is 11.5 Å². The van der Waals surface area contributed by atoms with E-state index in [0.717, 1.165) is 41.5 Å². The van der Waals surface area contributed by atoms with E-state index in [1.165, 1.54) is 0 Å². The molecule has 0 amide bonds. The van der Waals surface area contributed by atoms with Gasteiger partial charge in [0.25, 0.3) is 0 Å². The number of para-hydroxylation sites is 3. The lowest BCUT2D eigenvalue weighted by Gasteiger charge is -2.31. The number of nitrogens with one attached hydrogen (secondary N) is 1. The molecular formula is C28H32N2O5. The summed E-state index contributed by atoms with van der Waals surface area (Å²) < 4.78 is 22.9. The summed E-state index contributed by atoms with van der Waals surface area (Å²) in [6, 6.07) is 21.6. The molecule has 4 rings (SSSR count). The molecule has 3 aromatic carbocycles. The monoisotopic (exact) mass is 476 g/mol. The molecule has 0 spiro atoms. The molecule has 184 valence electrons. The Bertz CT molecular complexity index is 1120. The normalized spacial score (nSPS) is 12.3. The summed E-state index contributed by atoms with van der Waals surface area (Å²) >= 11 is 0. The largest absolute Gasteiger partial charge is 0.492 e. The van der Waals surface area contributed by atoms with Crippen molar-refractivity contribution in [3.05, 3.63) is 72.3 Å². The van der Waals surface area contributed by atoms with Crippen LogP contribution in [0.2, 0.25) is 0 Å². The van der Waals surface area contributed by atoms with Gasteiger partial charge in [-0.05, 0) is 49.4 Å². The second-order valence-corrected chi connectivity index (χ2v) is 8.03. The molecule has 0 bridgehead atoms. The fourth-order valence-corrected chi connectivity index (χ4v) is 3.87. The Morgan fingerprint density at radius 2 is 1.83 bits per heavy atom. The summed E-state index contributed by atoms with van der Waals surface area (Å²) in [5.74, 6) is 2.49. The first-order chi connectivity index (χ1) is 17.2. The lowest BCUT2D eigenvalue weighted by Crippen LogP contribution is -2.35. The van der Waals surface area contributed by atoms with Crippen molar-refractivity contribution in [1.82, 2.24) is 0 Å². The van der Waals surface area contributed by atoms with Crippen LogP contribution in [0.4, 0.5) is 11.4 Å². The molecular weight excluding hydrogens is 444 g/mol. The second-order valence-electron chi connectivity index (χ2n) is 8.03. The predicted molar refractivity (Wildman–Crippen MR) is 137 cm³/mol. The van der Waals surface area contributed by atoms with Crippen LogP contribution < -0.4 is 29.2 Å². The van der Waals surface area contributed by atoms with E-state index in [2.05, 4.69) is 16.3 Å². The number of esters is 1. The number of hydrogen-bond acceptors (Lipinski definition) is 7.